The van der Waals surface area contributed by atoms with Gasteiger partial charge in [-0.3, -0.25) is 4.40 Å². The summed E-state index contributed by atoms with van der Waals surface area (Å²) in [7, 11) is 0. The quantitative estimate of drug-likeness (QED) is 0.806. The number of rotatable bonds is 3. The second kappa shape index (κ2) is 4.72. The van der Waals surface area contributed by atoms with Crippen LogP contribution in [0.4, 0.5) is 4.39 Å². The zero-order valence-corrected chi connectivity index (χ0v) is 11.4. The molecular weight excluding hydrogens is 279 g/mol. The Kier molecular flexibility index (Phi) is 3.02. The standard InChI is InChI=1S/C14H11FN2O2S/c1-8-12(6-9-3-2-4-10(15)5-9)20-14-16-11(13(18)19)7-17(8)14/h2-5,7H,6H2,1H3,(H,18,19). The molecule has 0 aliphatic carbocycles. The number of hydrogen-bond acceptors (Lipinski definition) is 3. The fourth-order valence-electron chi connectivity index (χ4n) is 2.09. The van der Waals surface area contributed by atoms with E-state index in [1.165, 1.54) is 29.7 Å². The van der Waals surface area contributed by atoms with Gasteiger partial charge < -0.3 is 5.11 Å². The van der Waals surface area contributed by atoms with Crippen LogP contribution in [0.25, 0.3) is 4.96 Å². The Morgan fingerprint density at radius 1 is 1.50 bits per heavy atom. The summed E-state index contributed by atoms with van der Waals surface area (Å²) in [4.78, 5) is 16.6. The lowest BCUT2D eigenvalue weighted by atomic mass is 10.1. The van der Waals surface area contributed by atoms with Crippen LogP contribution >= 0.6 is 11.3 Å². The van der Waals surface area contributed by atoms with Crippen LogP contribution < -0.4 is 0 Å². The minimum Gasteiger partial charge on any atom is -0.476 e. The van der Waals surface area contributed by atoms with Crippen molar-refractivity contribution in [2.24, 2.45) is 0 Å². The molecule has 0 spiro atoms. The van der Waals surface area contributed by atoms with E-state index in [9.17, 15) is 9.18 Å². The summed E-state index contributed by atoms with van der Waals surface area (Å²) in [5.74, 6) is -1.29. The molecule has 1 N–H and O–H groups in total. The molecule has 4 nitrogen and oxygen atoms in total. The number of carboxylic acids is 1. The van der Waals surface area contributed by atoms with E-state index in [4.69, 9.17) is 5.11 Å². The molecule has 0 radical (unpaired) electrons. The fourth-order valence-corrected chi connectivity index (χ4v) is 3.23. The van der Waals surface area contributed by atoms with Crippen LogP contribution in [0.5, 0.6) is 0 Å². The van der Waals surface area contributed by atoms with Gasteiger partial charge in [0.25, 0.3) is 0 Å². The number of carboxylic acid groups (broad SMARTS) is 1. The molecule has 2 heterocycles. The first-order valence-corrected chi connectivity index (χ1v) is 6.81. The first-order valence-electron chi connectivity index (χ1n) is 5.99. The van der Waals surface area contributed by atoms with Gasteiger partial charge in [-0.2, -0.15) is 0 Å². The van der Waals surface area contributed by atoms with Gasteiger partial charge in [0.15, 0.2) is 10.7 Å². The van der Waals surface area contributed by atoms with E-state index in [-0.39, 0.29) is 11.5 Å². The van der Waals surface area contributed by atoms with Crippen molar-refractivity contribution in [3.8, 4) is 0 Å². The summed E-state index contributed by atoms with van der Waals surface area (Å²) in [6.45, 7) is 1.91. The molecule has 20 heavy (non-hydrogen) atoms. The van der Waals surface area contributed by atoms with E-state index >= 15 is 0 Å². The van der Waals surface area contributed by atoms with Crippen molar-refractivity contribution in [3.05, 3.63) is 58.1 Å². The van der Waals surface area contributed by atoms with Gasteiger partial charge >= 0.3 is 5.97 Å². The second-order valence-electron chi connectivity index (χ2n) is 4.50. The Labute approximate surface area is 118 Å². The van der Waals surface area contributed by atoms with E-state index in [1.54, 1.807) is 10.5 Å². The maximum Gasteiger partial charge on any atom is 0.356 e. The molecule has 0 bridgehead atoms. The number of nitrogens with zero attached hydrogens (tertiary/aromatic N) is 2. The van der Waals surface area contributed by atoms with Crippen LogP contribution in [0.1, 0.15) is 26.6 Å². The lowest BCUT2D eigenvalue weighted by Crippen LogP contribution is -1.96. The Hall–Kier alpha value is -2.21. The minimum atomic E-state index is -1.04. The molecule has 0 saturated carbocycles. The number of aromatic carboxylic acids is 1. The van der Waals surface area contributed by atoms with Gasteiger partial charge in [-0.1, -0.05) is 12.1 Å². The molecule has 2 aromatic heterocycles. The third kappa shape index (κ3) is 2.18. The molecule has 6 heteroatoms. The van der Waals surface area contributed by atoms with Gasteiger partial charge in [0.2, 0.25) is 0 Å². The summed E-state index contributed by atoms with van der Waals surface area (Å²) in [5, 5.41) is 8.92. The molecule has 0 aliphatic rings. The van der Waals surface area contributed by atoms with Crippen molar-refractivity contribution in [3.63, 3.8) is 0 Å². The number of benzene rings is 1. The number of fused-ring (bicyclic) bond motifs is 1. The molecule has 0 atom stereocenters. The number of aryl methyl sites for hydroxylation is 1. The predicted molar refractivity (Wildman–Crippen MR) is 74.0 cm³/mol. The highest BCUT2D eigenvalue weighted by Crippen LogP contribution is 2.25. The molecule has 0 amide bonds. The fraction of sp³-hybridized carbons (Fsp3) is 0.143. The van der Waals surface area contributed by atoms with Crippen LogP contribution in [-0.2, 0) is 6.42 Å². The third-order valence-electron chi connectivity index (χ3n) is 3.13. The summed E-state index contributed by atoms with van der Waals surface area (Å²) in [5.41, 5.74) is 1.86. The first-order chi connectivity index (χ1) is 9.54. The van der Waals surface area contributed by atoms with Gasteiger partial charge in [0, 0.05) is 23.2 Å². The zero-order chi connectivity index (χ0) is 14.3. The zero-order valence-electron chi connectivity index (χ0n) is 10.6. The average Bonchev–Trinajstić information content (AvgIpc) is 2.91. The summed E-state index contributed by atoms with van der Waals surface area (Å²) in [6, 6.07) is 6.47. The minimum absolute atomic E-state index is 0.0386. The van der Waals surface area contributed by atoms with Crippen molar-refractivity contribution in [2.45, 2.75) is 13.3 Å². The van der Waals surface area contributed by atoms with Crippen LogP contribution in [0.2, 0.25) is 0 Å². The SMILES string of the molecule is Cc1c(Cc2cccc(F)c2)sc2nc(C(=O)O)cn12. The Balaban J connectivity index is 1.98. The Bertz CT molecular complexity index is 807. The highest BCUT2D eigenvalue weighted by molar-refractivity contribution is 7.17. The molecule has 0 fully saturated rings. The van der Waals surface area contributed by atoms with E-state index < -0.39 is 5.97 Å². The number of aromatic nitrogens is 2. The topological polar surface area (TPSA) is 54.6 Å². The van der Waals surface area contributed by atoms with E-state index in [0.29, 0.717) is 11.4 Å². The number of thiazole rings is 1. The van der Waals surface area contributed by atoms with Gasteiger partial charge in [0.05, 0.1) is 0 Å². The summed E-state index contributed by atoms with van der Waals surface area (Å²) in [6.07, 6.45) is 2.12. The molecule has 1 aromatic carbocycles. The van der Waals surface area contributed by atoms with Crippen molar-refractivity contribution < 1.29 is 14.3 Å². The van der Waals surface area contributed by atoms with Crippen molar-refractivity contribution in [1.82, 2.24) is 9.38 Å². The molecule has 102 valence electrons. The maximum absolute atomic E-state index is 13.2. The van der Waals surface area contributed by atoms with Crippen LogP contribution in [0.15, 0.2) is 30.5 Å². The van der Waals surface area contributed by atoms with Gasteiger partial charge in [-0.25, -0.2) is 14.2 Å². The van der Waals surface area contributed by atoms with Gasteiger partial charge in [-0.05, 0) is 24.6 Å². The highest BCUT2D eigenvalue weighted by atomic mass is 32.1. The lowest BCUT2D eigenvalue weighted by molar-refractivity contribution is 0.0691. The van der Waals surface area contributed by atoms with Crippen LogP contribution in [0.3, 0.4) is 0 Å². The molecule has 0 saturated heterocycles. The van der Waals surface area contributed by atoms with Crippen molar-refractivity contribution in [1.29, 1.82) is 0 Å². The summed E-state index contributed by atoms with van der Waals surface area (Å²) >= 11 is 1.43. The monoisotopic (exact) mass is 290 g/mol. The van der Waals surface area contributed by atoms with E-state index in [2.05, 4.69) is 4.98 Å². The lowest BCUT2D eigenvalue weighted by Gasteiger charge is -2.00. The van der Waals surface area contributed by atoms with Crippen LogP contribution in [0, 0.1) is 12.7 Å². The van der Waals surface area contributed by atoms with E-state index in [0.717, 1.165) is 16.1 Å². The average molecular weight is 290 g/mol. The molecule has 3 rings (SSSR count). The normalized spacial score (nSPS) is 11.1. The smallest absolute Gasteiger partial charge is 0.356 e. The van der Waals surface area contributed by atoms with Crippen LogP contribution in [-0.4, -0.2) is 20.5 Å². The Morgan fingerprint density at radius 2 is 2.30 bits per heavy atom. The Morgan fingerprint density at radius 3 is 2.95 bits per heavy atom. The van der Waals surface area contributed by atoms with Crippen molar-refractivity contribution in [2.75, 3.05) is 0 Å². The summed E-state index contributed by atoms with van der Waals surface area (Å²) < 4.78 is 14.9. The second-order valence-corrected chi connectivity index (χ2v) is 5.56. The van der Waals surface area contributed by atoms with Crippen molar-refractivity contribution >= 4 is 22.3 Å². The predicted octanol–water partition coefficient (Wildman–Crippen LogP) is 3.13. The highest BCUT2D eigenvalue weighted by Gasteiger charge is 2.15. The molecule has 0 unspecified atom stereocenters. The molecule has 3 aromatic rings. The number of carbonyl (C=O) groups is 1. The third-order valence-corrected chi connectivity index (χ3v) is 4.28. The van der Waals surface area contributed by atoms with Gasteiger partial charge in [0.1, 0.15) is 5.82 Å². The van der Waals surface area contributed by atoms with E-state index in [1.807, 2.05) is 13.0 Å². The number of halogens is 1. The largest absolute Gasteiger partial charge is 0.476 e. The number of hydrogen-bond donors (Lipinski definition) is 1. The molecular formula is C14H11FN2O2S. The number of imidazole rings is 1. The molecule has 0 aliphatic heterocycles. The first kappa shape index (κ1) is 12.8. The van der Waals surface area contributed by atoms with Gasteiger partial charge in [-0.15, -0.1) is 11.3 Å². The maximum atomic E-state index is 13.2.